The Morgan fingerprint density at radius 3 is 2.74 bits per heavy atom. The van der Waals surface area contributed by atoms with E-state index in [1.54, 1.807) is 0 Å². The van der Waals surface area contributed by atoms with Gasteiger partial charge in [0, 0.05) is 19.0 Å². The van der Waals surface area contributed by atoms with Crippen LogP contribution in [0.25, 0.3) is 0 Å². The molecule has 1 aliphatic heterocycles. The number of carbonyl (C=O) groups excluding carboxylic acids is 1. The van der Waals surface area contributed by atoms with Gasteiger partial charge in [0.05, 0.1) is 5.56 Å². The van der Waals surface area contributed by atoms with Crippen molar-refractivity contribution in [3.05, 3.63) is 11.8 Å². The van der Waals surface area contributed by atoms with Crippen LogP contribution in [-0.4, -0.2) is 37.3 Å². The standard InChI is InChI=1S/C11H15N3O4S/c1-7(2)5-14-9-8(6-18-11(14)15)4-12-10(13-9)19(3,16)17/h4,7H,5-6H2,1-3H3. The van der Waals surface area contributed by atoms with Gasteiger partial charge >= 0.3 is 6.09 Å². The number of nitrogens with zero attached hydrogens (tertiary/aromatic N) is 3. The van der Waals surface area contributed by atoms with E-state index >= 15 is 0 Å². The molecule has 1 aromatic rings. The highest BCUT2D eigenvalue weighted by Gasteiger charge is 2.29. The monoisotopic (exact) mass is 285 g/mol. The molecule has 0 bridgehead atoms. The molecule has 0 spiro atoms. The molecule has 1 amide bonds. The summed E-state index contributed by atoms with van der Waals surface area (Å²) < 4.78 is 27.9. The van der Waals surface area contributed by atoms with E-state index in [1.165, 1.54) is 11.1 Å². The quantitative estimate of drug-likeness (QED) is 0.769. The molecule has 8 heteroatoms. The first-order valence-corrected chi connectivity index (χ1v) is 7.68. The molecule has 0 saturated carbocycles. The van der Waals surface area contributed by atoms with Crippen molar-refractivity contribution in [1.29, 1.82) is 0 Å². The van der Waals surface area contributed by atoms with Gasteiger partial charge in [-0.25, -0.2) is 18.2 Å². The predicted octanol–water partition coefficient (Wildman–Crippen LogP) is 0.993. The maximum atomic E-state index is 11.7. The van der Waals surface area contributed by atoms with Gasteiger partial charge in [-0.3, -0.25) is 4.90 Å². The first-order valence-electron chi connectivity index (χ1n) is 5.79. The fourth-order valence-electron chi connectivity index (χ4n) is 1.73. The molecule has 0 N–H and O–H groups in total. The molecule has 0 aromatic carbocycles. The summed E-state index contributed by atoms with van der Waals surface area (Å²) in [5, 5.41) is -0.283. The Hall–Kier alpha value is -1.70. The van der Waals surface area contributed by atoms with E-state index in [4.69, 9.17) is 4.74 Å². The van der Waals surface area contributed by atoms with Crippen LogP contribution in [-0.2, 0) is 21.2 Å². The lowest BCUT2D eigenvalue weighted by Crippen LogP contribution is -2.39. The minimum absolute atomic E-state index is 0.0623. The van der Waals surface area contributed by atoms with Crippen molar-refractivity contribution < 1.29 is 17.9 Å². The van der Waals surface area contributed by atoms with Crippen LogP contribution in [0.15, 0.2) is 11.4 Å². The number of ether oxygens (including phenoxy) is 1. The summed E-state index contributed by atoms with van der Waals surface area (Å²) in [6.45, 7) is 4.36. The molecule has 0 radical (unpaired) electrons. The zero-order chi connectivity index (χ0) is 14.2. The Bertz CT molecular complexity index is 612. The normalized spacial score (nSPS) is 15.4. The van der Waals surface area contributed by atoms with Crippen molar-refractivity contribution >= 4 is 21.7 Å². The van der Waals surface area contributed by atoms with Crippen molar-refractivity contribution in [2.75, 3.05) is 17.7 Å². The number of aromatic nitrogens is 2. The van der Waals surface area contributed by atoms with E-state index in [0.29, 0.717) is 17.9 Å². The third-order valence-electron chi connectivity index (χ3n) is 2.53. The zero-order valence-electron chi connectivity index (χ0n) is 11.0. The minimum atomic E-state index is -3.51. The number of fused-ring (bicyclic) bond motifs is 1. The molecule has 19 heavy (non-hydrogen) atoms. The number of anilines is 1. The molecule has 0 fully saturated rings. The molecule has 104 valence electrons. The van der Waals surface area contributed by atoms with E-state index < -0.39 is 15.9 Å². The second kappa shape index (κ2) is 4.76. The molecule has 2 rings (SSSR count). The smallest absolute Gasteiger partial charge is 0.415 e. The fraction of sp³-hybridized carbons (Fsp3) is 0.545. The lowest BCUT2D eigenvalue weighted by molar-refractivity contribution is 0.140. The van der Waals surface area contributed by atoms with Crippen molar-refractivity contribution in [3.63, 3.8) is 0 Å². The maximum Gasteiger partial charge on any atom is 0.415 e. The Balaban J connectivity index is 2.50. The number of rotatable bonds is 3. The van der Waals surface area contributed by atoms with Crippen LogP contribution in [0.5, 0.6) is 0 Å². The number of hydrogen-bond donors (Lipinski definition) is 0. The lowest BCUT2D eigenvalue weighted by Gasteiger charge is -2.28. The first-order chi connectivity index (χ1) is 8.79. The van der Waals surface area contributed by atoms with Crippen molar-refractivity contribution in [1.82, 2.24) is 9.97 Å². The summed E-state index contributed by atoms with van der Waals surface area (Å²) in [4.78, 5) is 20.9. The molecule has 1 aliphatic rings. The zero-order valence-corrected chi connectivity index (χ0v) is 11.8. The summed E-state index contributed by atoms with van der Waals surface area (Å²) >= 11 is 0. The van der Waals surface area contributed by atoms with E-state index in [9.17, 15) is 13.2 Å². The molecule has 0 saturated heterocycles. The Morgan fingerprint density at radius 1 is 1.47 bits per heavy atom. The van der Waals surface area contributed by atoms with Crippen molar-refractivity contribution in [2.45, 2.75) is 25.6 Å². The van der Waals surface area contributed by atoms with E-state index in [1.807, 2.05) is 13.8 Å². The highest BCUT2D eigenvalue weighted by Crippen LogP contribution is 2.26. The maximum absolute atomic E-state index is 11.7. The number of amides is 1. The number of hydrogen-bond acceptors (Lipinski definition) is 6. The molecule has 0 aliphatic carbocycles. The molecule has 1 aromatic heterocycles. The number of carbonyl (C=O) groups is 1. The van der Waals surface area contributed by atoms with Crippen molar-refractivity contribution in [3.8, 4) is 0 Å². The summed E-state index contributed by atoms with van der Waals surface area (Å²) in [6.07, 6.45) is 1.90. The average molecular weight is 285 g/mol. The van der Waals surface area contributed by atoms with Gasteiger partial charge in [0.2, 0.25) is 15.0 Å². The topological polar surface area (TPSA) is 89.5 Å². The average Bonchev–Trinajstić information content (AvgIpc) is 2.30. The van der Waals surface area contributed by atoms with Crippen LogP contribution < -0.4 is 4.90 Å². The SMILES string of the molecule is CC(C)CN1C(=O)OCc2cnc(S(C)(=O)=O)nc21. The Labute approximate surface area is 111 Å². The van der Waals surface area contributed by atoms with Crippen LogP contribution in [0, 0.1) is 5.92 Å². The Kier molecular flexibility index (Phi) is 3.44. The van der Waals surface area contributed by atoms with Gasteiger partial charge in [-0.05, 0) is 5.92 Å². The number of sulfone groups is 1. The molecular formula is C11H15N3O4S. The summed E-state index contributed by atoms with van der Waals surface area (Å²) in [5.41, 5.74) is 0.604. The van der Waals surface area contributed by atoms with E-state index in [2.05, 4.69) is 9.97 Å². The van der Waals surface area contributed by atoms with Gasteiger partial charge in [0.1, 0.15) is 12.4 Å². The minimum Gasteiger partial charge on any atom is -0.444 e. The first kappa shape index (κ1) is 13.7. The van der Waals surface area contributed by atoms with Gasteiger partial charge in [-0.15, -0.1) is 0 Å². The van der Waals surface area contributed by atoms with E-state index in [-0.39, 0.29) is 17.7 Å². The summed E-state index contributed by atoms with van der Waals surface area (Å²) in [6, 6.07) is 0. The van der Waals surface area contributed by atoms with Crippen LogP contribution >= 0.6 is 0 Å². The largest absolute Gasteiger partial charge is 0.444 e. The van der Waals surface area contributed by atoms with Gasteiger partial charge in [0.15, 0.2) is 0 Å². The van der Waals surface area contributed by atoms with Gasteiger partial charge in [0.25, 0.3) is 0 Å². The number of cyclic esters (lactones) is 1. The highest BCUT2D eigenvalue weighted by molar-refractivity contribution is 7.90. The van der Waals surface area contributed by atoms with Gasteiger partial charge in [-0.2, -0.15) is 4.98 Å². The molecule has 0 unspecified atom stereocenters. The third kappa shape index (κ3) is 2.83. The molecule has 7 nitrogen and oxygen atoms in total. The van der Waals surface area contributed by atoms with Gasteiger partial charge < -0.3 is 4.74 Å². The molecule has 0 atom stereocenters. The van der Waals surface area contributed by atoms with Crippen molar-refractivity contribution in [2.24, 2.45) is 5.92 Å². The second-order valence-corrected chi connectivity index (χ2v) is 6.74. The van der Waals surface area contributed by atoms with Crippen LogP contribution in [0.4, 0.5) is 10.6 Å². The lowest BCUT2D eigenvalue weighted by atomic mass is 10.2. The third-order valence-corrected chi connectivity index (χ3v) is 3.39. The summed E-state index contributed by atoms with van der Waals surface area (Å²) in [7, 11) is -3.51. The van der Waals surface area contributed by atoms with E-state index in [0.717, 1.165) is 6.26 Å². The highest BCUT2D eigenvalue weighted by atomic mass is 32.2. The van der Waals surface area contributed by atoms with Crippen LogP contribution in [0.1, 0.15) is 19.4 Å². The van der Waals surface area contributed by atoms with Crippen LogP contribution in [0.2, 0.25) is 0 Å². The Morgan fingerprint density at radius 2 is 2.16 bits per heavy atom. The fourth-order valence-corrected chi connectivity index (χ4v) is 2.22. The predicted molar refractivity (Wildman–Crippen MR) is 67.5 cm³/mol. The second-order valence-electron chi connectivity index (χ2n) is 4.83. The van der Waals surface area contributed by atoms with Crippen LogP contribution in [0.3, 0.4) is 0 Å². The molecule has 2 heterocycles. The van der Waals surface area contributed by atoms with Gasteiger partial charge in [-0.1, -0.05) is 13.8 Å². The molecular weight excluding hydrogens is 270 g/mol. The summed E-state index contributed by atoms with van der Waals surface area (Å²) in [5.74, 6) is 0.524.